The van der Waals surface area contributed by atoms with Gasteiger partial charge in [-0.25, -0.2) is 4.79 Å². The van der Waals surface area contributed by atoms with E-state index < -0.39 is 0 Å². The molecule has 18 heavy (non-hydrogen) atoms. The van der Waals surface area contributed by atoms with Gasteiger partial charge in [-0.05, 0) is 38.5 Å². The molecule has 4 heteroatoms. The summed E-state index contributed by atoms with van der Waals surface area (Å²) in [6, 6.07) is 0.0818. The summed E-state index contributed by atoms with van der Waals surface area (Å²) in [6.07, 6.45) is 2.26. The number of carbonyl (C=O) groups is 1. The van der Waals surface area contributed by atoms with Crippen LogP contribution in [0.3, 0.4) is 0 Å². The number of hydrogen-bond acceptors (Lipinski definition) is 2. The number of nitrogens with zero attached hydrogens (tertiary/aromatic N) is 1. The molecular formula is C14H28N2O2. The first-order valence-corrected chi connectivity index (χ1v) is 7.15. The maximum Gasteiger partial charge on any atom is 0.317 e. The van der Waals surface area contributed by atoms with Crippen LogP contribution in [-0.2, 0) is 4.74 Å². The summed E-state index contributed by atoms with van der Waals surface area (Å²) in [5.41, 5.74) is 0. The molecule has 2 atom stereocenters. The molecule has 0 aliphatic carbocycles. The van der Waals surface area contributed by atoms with Gasteiger partial charge in [-0.1, -0.05) is 13.8 Å². The van der Waals surface area contributed by atoms with Crippen LogP contribution in [0.15, 0.2) is 0 Å². The summed E-state index contributed by atoms with van der Waals surface area (Å²) in [7, 11) is 0. The van der Waals surface area contributed by atoms with Crippen molar-refractivity contribution >= 4 is 6.03 Å². The Balaban J connectivity index is 2.13. The molecule has 1 heterocycles. The molecule has 1 fully saturated rings. The van der Waals surface area contributed by atoms with E-state index in [1.54, 1.807) is 0 Å². The fraction of sp³-hybridized carbons (Fsp3) is 0.929. The summed E-state index contributed by atoms with van der Waals surface area (Å²) in [6.45, 7) is 11.7. The topological polar surface area (TPSA) is 41.6 Å². The normalized spacial score (nSPS) is 24.4. The Bertz CT molecular complexity index is 256. The Morgan fingerprint density at radius 2 is 2.11 bits per heavy atom. The molecule has 0 aromatic rings. The molecule has 2 amide bonds. The summed E-state index contributed by atoms with van der Waals surface area (Å²) in [5, 5.41) is 2.97. The highest BCUT2D eigenvalue weighted by Gasteiger charge is 2.25. The molecular weight excluding hydrogens is 228 g/mol. The van der Waals surface area contributed by atoms with E-state index >= 15 is 0 Å². The molecule has 106 valence electrons. The van der Waals surface area contributed by atoms with Crippen LogP contribution >= 0.6 is 0 Å². The van der Waals surface area contributed by atoms with Gasteiger partial charge in [0, 0.05) is 26.2 Å². The quantitative estimate of drug-likeness (QED) is 0.768. The fourth-order valence-electron chi connectivity index (χ4n) is 2.15. The number of likely N-dealkylation sites (tertiary alicyclic amines) is 1. The second kappa shape index (κ2) is 7.62. The highest BCUT2D eigenvalue weighted by molar-refractivity contribution is 5.74. The number of piperidine rings is 1. The zero-order valence-electron chi connectivity index (χ0n) is 12.2. The third-order valence-corrected chi connectivity index (χ3v) is 3.67. The van der Waals surface area contributed by atoms with Gasteiger partial charge in [0.2, 0.25) is 0 Å². The lowest BCUT2D eigenvalue weighted by Crippen LogP contribution is -2.47. The van der Waals surface area contributed by atoms with Gasteiger partial charge < -0.3 is 15.0 Å². The first-order chi connectivity index (χ1) is 8.50. The molecule has 1 N–H and O–H groups in total. The van der Waals surface area contributed by atoms with Crippen molar-refractivity contribution < 1.29 is 9.53 Å². The average Bonchev–Trinajstić information content (AvgIpc) is 2.31. The van der Waals surface area contributed by atoms with Crippen LogP contribution in [0.25, 0.3) is 0 Å². The average molecular weight is 256 g/mol. The summed E-state index contributed by atoms with van der Waals surface area (Å²) >= 11 is 0. The van der Waals surface area contributed by atoms with Gasteiger partial charge in [-0.15, -0.1) is 0 Å². The van der Waals surface area contributed by atoms with Gasteiger partial charge >= 0.3 is 6.03 Å². The first kappa shape index (κ1) is 15.3. The van der Waals surface area contributed by atoms with Crippen molar-refractivity contribution in [1.29, 1.82) is 0 Å². The number of ether oxygens (including phenoxy) is 1. The first-order valence-electron chi connectivity index (χ1n) is 7.15. The SMILES string of the molecule is CC(C)OCCCNC(=O)N1CC[C@@H](C)[C@@H](C)C1. The van der Waals surface area contributed by atoms with Gasteiger partial charge in [0.15, 0.2) is 0 Å². The number of rotatable bonds is 5. The molecule has 4 nitrogen and oxygen atoms in total. The van der Waals surface area contributed by atoms with Crippen LogP contribution in [0.5, 0.6) is 0 Å². The van der Waals surface area contributed by atoms with Crippen molar-refractivity contribution in [3.63, 3.8) is 0 Å². The number of amides is 2. The second-order valence-corrected chi connectivity index (χ2v) is 5.69. The van der Waals surface area contributed by atoms with Crippen molar-refractivity contribution in [3.8, 4) is 0 Å². The molecule has 1 saturated heterocycles. The summed E-state index contributed by atoms with van der Waals surface area (Å²) < 4.78 is 5.44. The van der Waals surface area contributed by atoms with Crippen LogP contribution in [0.4, 0.5) is 4.79 Å². The van der Waals surface area contributed by atoms with E-state index in [0.29, 0.717) is 19.1 Å². The minimum Gasteiger partial charge on any atom is -0.379 e. The van der Waals surface area contributed by atoms with Crippen molar-refractivity contribution in [2.24, 2.45) is 11.8 Å². The second-order valence-electron chi connectivity index (χ2n) is 5.69. The lowest BCUT2D eigenvalue weighted by Gasteiger charge is -2.35. The molecule has 0 aromatic carbocycles. The summed E-state index contributed by atoms with van der Waals surface area (Å²) in [5.74, 6) is 1.34. The zero-order chi connectivity index (χ0) is 13.5. The molecule has 0 aromatic heterocycles. The molecule has 1 aliphatic rings. The van der Waals surface area contributed by atoms with Crippen LogP contribution in [-0.4, -0.2) is 43.3 Å². The van der Waals surface area contributed by atoms with Crippen LogP contribution in [0.1, 0.15) is 40.5 Å². The van der Waals surface area contributed by atoms with E-state index in [1.807, 2.05) is 18.7 Å². The smallest absolute Gasteiger partial charge is 0.317 e. The maximum atomic E-state index is 11.9. The number of urea groups is 1. The third-order valence-electron chi connectivity index (χ3n) is 3.67. The van der Waals surface area contributed by atoms with Gasteiger partial charge in [-0.2, -0.15) is 0 Å². The predicted octanol–water partition coefficient (Wildman–Crippen LogP) is 2.49. The minimum absolute atomic E-state index is 0.0818. The molecule has 1 aliphatic heterocycles. The van der Waals surface area contributed by atoms with E-state index in [4.69, 9.17) is 4.74 Å². The summed E-state index contributed by atoms with van der Waals surface area (Å²) in [4.78, 5) is 13.9. The number of nitrogens with one attached hydrogen (secondary N) is 1. The van der Waals surface area contributed by atoms with E-state index in [-0.39, 0.29) is 12.1 Å². The van der Waals surface area contributed by atoms with E-state index in [1.165, 1.54) is 0 Å². The molecule has 0 unspecified atom stereocenters. The van der Waals surface area contributed by atoms with Gasteiger partial charge in [0.1, 0.15) is 0 Å². The third kappa shape index (κ3) is 5.25. The number of hydrogen-bond donors (Lipinski definition) is 1. The van der Waals surface area contributed by atoms with Crippen LogP contribution in [0, 0.1) is 11.8 Å². The van der Waals surface area contributed by atoms with Gasteiger partial charge in [-0.3, -0.25) is 0 Å². The highest BCUT2D eigenvalue weighted by Crippen LogP contribution is 2.22. The van der Waals surface area contributed by atoms with Gasteiger partial charge in [0.05, 0.1) is 6.10 Å². The van der Waals surface area contributed by atoms with E-state index in [2.05, 4.69) is 19.2 Å². The van der Waals surface area contributed by atoms with Crippen molar-refractivity contribution in [1.82, 2.24) is 10.2 Å². The molecule has 0 bridgehead atoms. The van der Waals surface area contributed by atoms with E-state index in [0.717, 1.165) is 31.8 Å². The standard InChI is InChI=1S/C14H28N2O2/c1-11(2)18-9-5-7-15-14(17)16-8-6-12(3)13(4)10-16/h11-13H,5-10H2,1-4H3,(H,15,17)/t12-,13+/m1/s1. The molecule has 0 saturated carbocycles. The van der Waals surface area contributed by atoms with Crippen LogP contribution in [0.2, 0.25) is 0 Å². The Morgan fingerprint density at radius 3 is 2.72 bits per heavy atom. The number of carbonyl (C=O) groups excluding carboxylic acids is 1. The van der Waals surface area contributed by atoms with Crippen molar-refractivity contribution in [2.45, 2.75) is 46.6 Å². The van der Waals surface area contributed by atoms with Gasteiger partial charge in [0.25, 0.3) is 0 Å². The Kier molecular flexibility index (Phi) is 6.47. The molecule has 0 radical (unpaired) electrons. The van der Waals surface area contributed by atoms with E-state index in [9.17, 15) is 4.79 Å². The monoisotopic (exact) mass is 256 g/mol. The molecule has 0 spiro atoms. The predicted molar refractivity (Wildman–Crippen MR) is 73.6 cm³/mol. The Labute approximate surface area is 111 Å². The maximum absolute atomic E-state index is 11.9. The van der Waals surface area contributed by atoms with Crippen LogP contribution < -0.4 is 5.32 Å². The minimum atomic E-state index is 0.0818. The Hall–Kier alpha value is -0.770. The molecule has 1 rings (SSSR count). The van der Waals surface area contributed by atoms with Crippen molar-refractivity contribution in [3.05, 3.63) is 0 Å². The lowest BCUT2D eigenvalue weighted by molar-refractivity contribution is 0.0769. The largest absolute Gasteiger partial charge is 0.379 e. The zero-order valence-corrected chi connectivity index (χ0v) is 12.2. The lowest BCUT2D eigenvalue weighted by atomic mass is 9.89. The fourth-order valence-corrected chi connectivity index (χ4v) is 2.15. The van der Waals surface area contributed by atoms with Crippen molar-refractivity contribution in [2.75, 3.05) is 26.2 Å². The Morgan fingerprint density at radius 1 is 1.39 bits per heavy atom. The highest BCUT2D eigenvalue weighted by atomic mass is 16.5.